The fourth-order valence-corrected chi connectivity index (χ4v) is 7.95. The molecule has 0 fully saturated rings. The highest BCUT2D eigenvalue weighted by Gasteiger charge is 2.27. The molecule has 55 heavy (non-hydrogen) atoms. The zero-order valence-corrected chi connectivity index (χ0v) is 33.1. The molecule has 0 aliphatic carbocycles. The third-order valence-corrected chi connectivity index (χ3v) is 11.8. The van der Waals surface area contributed by atoms with Gasteiger partial charge in [0.1, 0.15) is 0 Å². The first-order chi connectivity index (χ1) is 26.7. The van der Waals surface area contributed by atoms with E-state index < -0.39 is 27.9 Å². The van der Waals surface area contributed by atoms with Crippen LogP contribution in [0.15, 0.2) is 138 Å². The average Bonchev–Trinajstić information content (AvgIpc) is 3.21. The van der Waals surface area contributed by atoms with Crippen LogP contribution in [0.25, 0.3) is 0 Å². The monoisotopic (exact) mass is 757 g/mol. The Morgan fingerprint density at radius 3 is 1.33 bits per heavy atom. The van der Waals surface area contributed by atoms with Crippen molar-refractivity contribution >= 4 is 27.6 Å². The highest BCUT2D eigenvalue weighted by atomic mass is 32.2. The van der Waals surface area contributed by atoms with Crippen LogP contribution in [-0.2, 0) is 62.9 Å². The van der Waals surface area contributed by atoms with Gasteiger partial charge in [-0.2, -0.15) is 0 Å². The second-order valence-electron chi connectivity index (χ2n) is 14.4. The number of rotatable bonds is 21. The molecule has 5 aromatic carbocycles. The maximum absolute atomic E-state index is 13.9. The van der Waals surface area contributed by atoms with Gasteiger partial charge in [0, 0.05) is 5.69 Å². The van der Waals surface area contributed by atoms with E-state index in [4.69, 9.17) is 4.74 Å². The first-order valence-electron chi connectivity index (χ1n) is 19.8. The van der Waals surface area contributed by atoms with Gasteiger partial charge in [-0.3, -0.25) is 14.3 Å². The number of nitrogens with one attached hydrogen (secondary N) is 1. The van der Waals surface area contributed by atoms with Crippen molar-refractivity contribution < 1.29 is 22.7 Å². The number of hydrogen-bond donors (Lipinski definition) is 1. The molecule has 2 atom stereocenters. The molecular formula is C48H55NO5S. The molecule has 0 aromatic heterocycles. The lowest BCUT2D eigenvalue weighted by Crippen LogP contribution is -2.27. The first-order valence-corrected chi connectivity index (χ1v) is 21.3. The van der Waals surface area contributed by atoms with E-state index in [-0.39, 0.29) is 10.8 Å². The van der Waals surface area contributed by atoms with Crippen molar-refractivity contribution in [1.82, 2.24) is 0 Å². The number of sulfonamides is 1. The Morgan fingerprint density at radius 2 is 0.873 bits per heavy atom. The van der Waals surface area contributed by atoms with Gasteiger partial charge in [0.2, 0.25) is 0 Å². The van der Waals surface area contributed by atoms with Crippen LogP contribution in [0.1, 0.15) is 85.8 Å². The van der Waals surface area contributed by atoms with Crippen molar-refractivity contribution in [2.45, 2.75) is 95.8 Å². The number of hydrogen-bond acceptors (Lipinski definition) is 5. The molecule has 0 heterocycles. The number of esters is 2. The maximum atomic E-state index is 13.9. The topological polar surface area (TPSA) is 89.5 Å². The predicted molar refractivity (Wildman–Crippen MR) is 222 cm³/mol. The molecule has 2 unspecified atom stereocenters. The molecular weight excluding hydrogens is 703 g/mol. The Kier molecular flexibility index (Phi) is 15.8. The minimum Gasteiger partial charge on any atom is -0.393 e. The molecule has 5 rings (SSSR count). The standard InChI is InChI=1S/C48H55NO5S/c1-3-37-21-25-41(26-22-37)29-33-43(17-11-15-39-13-7-5-8-14-39)47(50)54-48(51)44(34-30-42-27-23-38(4-2)24-28-42)18-12-16-40-31-35-46(36-32-40)55(52,53)49-45-19-9-6-10-20-45/h5-10,13-14,19-28,31-32,35-36,43-44,49H,3-4,11-12,15-18,29-30,33-34H2,1-2H3. The Balaban J connectivity index is 1.23. The molecule has 0 amide bonds. The number of anilines is 1. The van der Waals surface area contributed by atoms with Gasteiger partial charge < -0.3 is 4.74 Å². The normalized spacial score (nSPS) is 12.5. The van der Waals surface area contributed by atoms with E-state index in [0.29, 0.717) is 50.6 Å². The highest BCUT2D eigenvalue weighted by Crippen LogP contribution is 2.24. The van der Waals surface area contributed by atoms with Gasteiger partial charge in [0.25, 0.3) is 10.0 Å². The van der Waals surface area contributed by atoms with E-state index in [1.807, 2.05) is 36.4 Å². The Hall–Kier alpha value is -5.01. The molecule has 1 N–H and O–H groups in total. The average molecular weight is 758 g/mol. The highest BCUT2D eigenvalue weighted by molar-refractivity contribution is 7.92. The molecule has 0 saturated heterocycles. The second kappa shape index (κ2) is 21.2. The van der Waals surface area contributed by atoms with Crippen LogP contribution < -0.4 is 4.72 Å². The van der Waals surface area contributed by atoms with Gasteiger partial charge in [-0.05, 0) is 135 Å². The molecule has 0 aliphatic rings. The smallest absolute Gasteiger partial charge is 0.316 e. The number of benzene rings is 5. The minimum atomic E-state index is -3.72. The van der Waals surface area contributed by atoms with Crippen molar-refractivity contribution in [3.63, 3.8) is 0 Å². The number of carbonyl (C=O) groups is 2. The molecule has 0 spiro atoms. The molecule has 7 heteroatoms. The quantitative estimate of drug-likeness (QED) is 0.0595. The summed E-state index contributed by atoms with van der Waals surface area (Å²) in [5.41, 5.74) is 7.57. The molecule has 0 aliphatic heterocycles. The summed E-state index contributed by atoms with van der Waals surface area (Å²) in [5.74, 6) is -1.71. The van der Waals surface area contributed by atoms with Gasteiger partial charge in [0.05, 0.1) is 16.7 Å². The van der Waals surface area contributed by atoms with Crippen molar-refractivity contribution in [3.8, 4) is 0 Å². The summed E-state index contributed by atoms with van der Waals surface area (Å²) in [6, 6.07) is 43.0. The fourth-order valence-electron chi connectivity index (χ4n) is 6.90. The zero-order valence-electron chi connectivity index (χ0n) is 32.3. The minimum absolute atomic E-state index is 0.186. The van der Waals surface area contributed by atoms with Gasteiger partial charge >= 0.3 is 11.9 Å². The van der Waals surface area contributed by atoms with Crippen LogP contribution in [0.5, 0.6) is 0 Å². The van der Waals surface area contributed by atoms with Gasteiger partial charge in [0.15, 0.2) is 0 Å². The summed E-state index contributed by atoms with van der Waals surface area (Å²) in [4.78, 5) is 27.8. The summed E-state index contributed by atoms with van der Waals surface area (Å²) in [7, 11) is -3.72. The SMILES string of the molecule is CCc1ccc(CCC(CCCc2ccccc2)C(=O)OC(=O)C(CCCc2ccc(S(=O)(=O)Nc3ccccc3)cc2)CCc2ccc(CC)cc2)cc1. The fraction of sp³-hybridized carbons (Fsp3) is 0.333. The number of aryl methyl sites for hydroxylation is 6. The lowest BCUT2D eigenvalue weighted by molar-refractivity contribution is -0.166. The van der Waals surface area contributed by atoms with E-state index in [1.54, 1.807) is 36.4 Å². The van der Waals surface area contributed by atoms with E-state index in [2.05, 4.69) is 79.2 Å². The first kappa shape index (κ1) is 41.2. The molecule has 0 radical (unpaired) electrons. The van der Waals surface area contributed by atoms with Crippen LogP contribution in [0.3, 0.4) is 0 Å². The molecule has 288 valence electrons. The lowest BCUT2D eigenvalue weighted by atomic mass is 9.92. The predicted octanol–water partition coefficient (Wildman–Crippen LogP) is 10.5. The van der Waals surface area contributed by atoms with E-state index in [9.17, 15) is 18.0 Å². The third kappa shape index (κ3) is 13.4. The maximum Gasteiger partial charge on any atom is 0.316 e. The van der Waals surface area contributed by atoms with Crippen LogP contribution in [-0.4, -0.2) is 20.4 Å². The Bertz CT molecular complexity index is 2010. The number of ether oxygens (including phenoxy) is 1. The largest absolute Gasteiger partial charge is 0.393 e. The van der Waals surface area contributed by atoms with E-state index >= 15 is 0 Å². The molecule has 5 aromatic rings. The summed E-state index contributed by atoms with van der Waals surface area (Å²) in [6.07, 6.45) is 8.81. The lowest BCUT2D eigenvalue weighted by Gasteiger charge is -2.19. The van der Waals surface area contributed by atoms with Crippen molar-refractivity contribution in [1.29, 1.82) is 0 Å². The number of para-hydroxylation sites is 1. The van der Waals surface area contributed by atoms with E-state index in [1.165, 1.54) is 22.3 Å². The molecule has 0 saturated carbocycles. The summed E-state index contributed by atoms with van der Waals surface area (Å²) >= 11 is 0. The summed E-state index contributed by atoms with van der Waals surface area (Å²) < 4.78 is 34.2. The van der Waals surface area contributed by atoms with Crippen molar-refractivity contribution in [3.05, 3.63) is 167 Å². The van der Waals surface area contributed by atoms with Crippen LogP contribution in [0.2, 0.25) is 0 Å². The summed E-state index contributed by atoms with van der Waals surface area (Å²) in [5, 5.41) is 0. The zero-order chi connectivity index (χ0) is 38.9. The van der Waals surface area contributed by atoms with Crippen molar-refractivity contribution in [2.24, 2.45) is 11.8 Å². The van der Waals surface area contributed by atoms with Crippen LogP contribution >= 0.6 is 0 Å². The molecule has 0 bridgehead atoms. The molecule has 6 nitrogen and oxygen atoms in total. The van der Waals surface area contributed by atoms with Crippen molar-refractivity contribution in [2.75, 3.05) is 4.72 Å². The van der Waals surface area contributed by atoms with E-state index in [0.717, 1.165) is 43.2 Å². The van der Waals surface area contributed by atoms with Gasteiger partial charge in [-0.15, -0.1) is 0 Å². The second-order valence-corrected chi connectivity index (χ2v) is 16.1. The Morgan fingerprint density at radius 1 is 0.491 bits per heavy atom. The van der Waals surface area contributed by atoms with Crippen LogP contribution in [0, 0.1) is 11.8 Å². The summed E-state index contributed by atoms with van der Waals surface area (Å²) in [6.45, 7) is 4.26. The third-order valence-electron chi connectivity index (χ3n) is 10.4. The van der Waals surface area contributed by atoms with Gasteiger partial charge in [-0.1, -0.05) is 123 Å². The Labute approximate surface area is 328 Å². The number of carbonyl (C=O) groups excluding carboxylic acids is 2. The van der Waals surface area contributed by atoms with Gasteiger partial charge in [-0.25, -0.2) is 8.42 Å². The van der Waals surface area contributed by atoms with Crippen LogP contribution in [0.4, 0.5) is 5.69 Å².